The van der Waals surface area contributed by atoms with E-state index in [0.29, 0.717) is 15.7 Å². The maximum absolute atomic E-state index is 14.1. The zero-order chi connectivity index (χ0) is 27.3. The molecule has 4 aliphatic rings. The molecule has 1 spiro atoms. The number of anilines is 1. The minimum absolute atomic E-state index is 0.0762. The number of aryl methyl sites for hydroxylation is 1. The zero-order valence-electron chi connectivity index (χ0n) is 21.7. The molecule has 7 nitrogen and oxygen atoms in total. The second-order valence-electron chi connectivity index (χ2n) is 11.1. The molecule has 204 valence electrons. The fourth-order valence-electron chi connectivity index (χ4n) is 6.71. The van der Waals surface area contributed by atoms with E-state index in [9.17, 15) is 14.4 Å². The number of nitrogens with one attached hydrogen (secondary N) is 2. The molecule has 6 rings (SSSR count). The van der Waals surface area contributed by atoms with Crippen LogP contribution >= 0.6 is 23.2 Å². The van der Waals surface area contributed by atoms with Crippen LogP contribution in [0.25, 0.3) is 0 Å². The lowest BCUT2D eigenvalue weighted by molar-refractivity contribution is -0.142. The van der Waals surface area contributed by atoms with E-state index in [0.717, 1.165) is 36.8 Å². The number of ether oxygens (including phenoxy) is 1. The van der Waals surface area contributed by atoms with E-state index >= 15 is 0 Å². The largest absolute Gasteiger partial charge is 0.359 e. The van der Waals surface area contributed by atoms with Gasteiger partial charge in [0.2, 0.25) is 17.7 Å². The molecule has 3 fully saturated rings. The highest BCUT2D eigenvalue weighted by molar-refractivity contribution is 6.35. The number of nitrogens with zero attached hydrogens (tertiary/aromatic N) is 1. The summed E-state index contributed by atoms with van der Waals surface area (Å²) in [7, 11) is 0. The Kier molecular flexibility index (Phi) is 6.94. The van der Waals surface area contributed by atoms with E-state index in [1.54, 1.807) is 23.1 Å². The van der Waals surface area contributed by atoms with E-state index in [2.05, 4.69) is 10.6 Å². The normalized spacial score (nSPS) is 29.5. The van der Waals surface area contributed by atoms with Crippen molar-refractivity contribution in [3.05, 3.63) is 75.8 Å². The Morgan fingerprint density at radius 1 is 1.03 bits per heavy atom. The first kappa shape index (κ1) is 26.4. The van der Waals surface area contributed by atoms with Crippen LogP contribution in [0.2, 0.25) is 10.0 Å². The molecule has 0 radical (unpaired) electrons. The molecule has 1 aliphatic carbocycles. The van der Waals surface area contributed by atoms with Crippen molar-refractivity contribution >= 4 is 46.6 Å². The van der Waals surface area contributed by atoms with Gasteiger partial charge < -0.3 is 20.3 Å². The van der Waals surface area contributed by atoms with Crippen LogP contribution in [0.15, 0.2) is 54.6 Å². The summed E-state index contributed by atoms with van der Waals surface area (Å²) in [6.07, 6.45) is 8.20. The van der Waals surface area contributed by atoms with E-state index in [1.807, 2.05) is 43.3 Å². The van der Waals surface area contributed by atoms with Gasteiger partial charge in [0.15, 0.2) is 0 Å². The smallest absolute Gasteiger partial charge is 0.246 e. The number of hydrogen-bond donors (Lipinski definition) is 2. The van der Waals surface area contributed by atoms with Gasteiger partial charge in [-0.05, 0) is 43.5 Å². The van der Waals surface area contributed by atoms with Gasteiger partial charge in [-0.1, -0.05) is 84.4 Å². The molecule has 2 saturated heterocycles. The van der Waals surface area contributed by atoms with Crippen molar-refractivity contribution < 1.29 is 19.1 Å². The first-order chi connectivity index (χ1) is 18.7. The molecule has 3 aliphatic heterocycles. The summed E-state index contributed by atoms with van der Waals surface area (Å²) in [4.78, 5) is 43.3. The number of benzene rings is 2. The van der Waals surface area contributed by atoms with Crippen LogP contribution < -0.4 is 10.6 Å². The molecule has 9 heteroatoms. The highest BCUT2D eigenvalue weighted by Crippen LogP contribution is 2.55. The third-order valence-electron chi connectivity index (χ3n) is 8.48. The number of rotatable bonds is 6. The summed E-state index contributed by atoms with van der Waals surface area (Å²) in [5.74, 6) is -2.47. The molecule has 39 heavy (non-hydrogen) atoms. The van der Waals surface area contributed by atoms with E-state index < -0.39 is 29.6 Å². The van der Waals surface area contributed by atoms with Crippen LogP contribution in [0.4, 0.5) is 5.69 Å². The first-order valence-electron chi connectivity index (χ1n) is 13.6. The molecule has 0 aromatic heterocycles. The molecule has 2 bridgehead atoms. The van der Waals surface area contributed by atoms with Gasteiger partial charge in [-0.3, -0.25) is 14.4 Å². The summed E-state index contributed by atoms with van der Waals surface area (Å²) < 4.78 is 6.44. The number of carbonyl (C=O) groups excluding carboxylic acids is 3. The number of hydrogen-bond acceptors (Lipinski definition) is 4. The predicted molar refractivity (Wildman–Crippen MR) is 149 cm³/mol. The van der Waals surface area contributed by atoms with Crippen molar-refractivity contribution in [2.24, 2.45) is 11.8 Å². The van der Waals surface area contributed by atoms with Crippen molar-refractivity contribution in [3.63, 3.8) is 0 Å². The van der Waals surface area contributed by atoms with Crippen LogP contribution in [-0.4, -0.2) is 46.4 Å². The summed E-state index contributed by atoms with van der Waals surface area (Å²) in [5.41, 5.74) is 1.25. The maximum Gasteiger partial charge on any atom is 0.246 e. The Morgan fingerprint density at radius 2 is 1.72 bits per heavy atom. The Bertz CT molecular complexity index is 1320. The Labute approximate surface area is 237 Å². The second-order valence-corrected chi connectivity index (χ2v) is 12.0. The average Bonchev–Trinajstić information content (AvgIpc) is 3.53. The maximum atomic E-state index is 14.1. The summed E-state index contributed by atoms with van der Waals surface area (Å²) in [6, 6.07) is 11.9. The standard InChI is InChI=1S/C30H31Cl2N3O4/c1-17-7-9-18(10-8-17)16-35-26(28(37)33-21-5-3-2-4-6-21)30-12-11-23(39-30)24(25(30)29(35)38)27(36)34-22-14-19(31)13-20(32)15-22/h7-15,21,23-26H,2-6,16H2,1H3,(H,33,37)(H,34,36)/t23-,24?,25-,26?,30?/m0/s1. The summed E-state index contributed by atoms with van der Waals surface area (Å²) in [5, 5.41) is 6.86. The molecule has 2 aromatic carbocycles. The van der Waals surface area contributed by atoms with Crippen molar-refractivity contribution in [2.45, 2.75) is 69.4 Å². The van der Waals surface area contributed by atoms with Gasteiger partial charge in [-0.15, -0.1) is 0 Å². The third-order valence-corrected chi connectivity index (χ3v) is 8.92. The fraction of sp³-hybridized carbons (Fsp3) is 0.433. The number of carbonyl (C=O) groups is 3. The number of likely N-dealkylation sites (tertiary alicyclic amines) is 1. The minimum Gasteiger partial charge on any atom is -0.359 e. The average molecular weight is 569 g/mol. The van der Waals surface area contributed by atoms with E-state index in [4.69, 9.17) is 27.9 Å². The monoisotopic (exact) mass is 567 g/mol. The number of halogens is 2. The Morgan fingerprint density at radius 3 is 2.41 bits per heavy atom. The fourth-order valence-corrected chi connectivity index (χ4v) is 7.23. The topological polar surface area (TPSA) is 87.7 Å². The van der Waals surface area contributed by atoms with Crippen LogP contribution in [0.5, 0.6) is 0 Å². The van der Waals surface area contributed by atoms with Crippen LogP contribution in [0, 0.1) is 18.8 Å². The Hall–Kier alpha value is -2.87. The van der Waals surface area contributed by atoms with Gasteiger partial charge in [0.25, 0.3) is 0 Å². The quantitative estimate of drug-likeness (QED) is 0.478. The summed E-state index contributed by atoms with van der Waals surface area (Å²) in [6.45, 7) is 2.25. The lowest BCUT2D eigenvalue weighted by Crippen LogP contribution is -2.56. The van der Waals surface area contributed by atoms with Crippen molar-refractivity contribution in [1.29, 1.82) is 0 Å². The van der Waals surface area contributed by atoms with Gasteiger partial charge in [0.1, 0.15) is 11.6 Å². The Balaban J connectivity index is 1.32. The van der Waals surface area contributed by atoms with Crippen molar-refractivity contribution in [2.75, 3.05) is 5.32 Å². The SMILES string of the molecule is Cc1ccc(CN2C(=O)[C@@H]3C(C(=O)Nc4cc(Cl)cc(Cl)c4)[C@@H]4C=CC3(O4)C2C(=O)NC2CCCCC2)cc1. The minimum atomic E-state index is -1.21. The number of fused-ring (bicyclic) bond motifs is 1. The lowest BCUT2D eigenvalue weighted by atomic mass is 9.74. The van der Waals surface area contributed by atoms with E-state index in [-0.39, 0.29) is 30.3 Å². The van der Waals surface area contributed by atoms with Gasteiger partial charge in [0, 0.05) is 28.3 Å². The summed E-state index contributed by atoms with van der Waals surface area (Å²) >= 11 is 12.3. The van der Waals surface area contributed by atoms with Crippen molar-refractivity contribution in [1.82, 2.24) is 10.2 Å². The van der Waals surface area contributed by atoms with Crippen molar-refractivity contribution in [3.8, 4) is 0 Å². The lowest BCUT2D eigenvalue weighted by Gasteiger charge is -2.34. The van der Waals surface area contributed by atoms with Gasteiger partial charge in [0.05, 0.1) is 17.9 Å². The molecular formula is C30H31Cl2N3O4. The highest BCUT2D eigenvalue weighted by Gasteiger charge is 2.72. The molecule has 1 saturated carbocycles. The van der Waals surface area contributed by atoms with Crippen LogP contribution in [0.3, 0.4) is 0 Å². The molecule has 3 unspecified atom stereocenters. The molecule has 3 heterocycles. The van der Waals surface area contributed by atoms with Gasteiger partial charge in [-0.25, -0.2) is 0 Å². The molecule has 2 N–H and O–H groups in total. The molecular weight excluding hydrogens is 537 g/mol. The van der Waals surface area contributed by atoms with Crippen LogP contribution in [0.1, 0.15) is 43.2 Å². The van der Waals surface area contributed by atoms with Crippen LogP contribution in [-0.2, 0) is 25.7 Å². The van der Waals surface area contributed by atoms with Gasteiger partial charge >= 0.3 is 0 Å². The van der Waals surface area contributed by atoms with E-state index in [1.165, 1.54) is 6.42 Å². The third kappa shape index (κ3) is 4.75. The predicted octanol–water partition coefficient (Wildman–Crippen LogP) is 5.04. The first-order valence-corrected chi connectivity index (χ1v) is 14.3. The molecule has 5 atom stereocenters. The second kappa shape index (κ2) is 10.3. The number of amides is 3. The molecule has 3 amide bonds. The van der Waals surface area contributed by atoms with Gasteiger partial charge in [-0.2, -0.15) is 0 Å². The molecule has 2 aromatic rings. The highest BCUT2D eigenvalue weighted by atomic mass is 35.5. The zero-order valence-corrected chi connectivity index (χ0v) is 23.2.